The van der Waals surface area contributed by atoms with Crippen molar-refractivity contribution in [2.24, 2.45) is 0 Å². The Morgan fingerprint density at radius 3 is 2.79 bits per heavy atom. The number of carboxylic acids is 1. The second kappa shape index (κ2) is 5.56. The van der Waals surface area contributed by atoms with Gasteiger partial charge in [0.15, 0.2) is 0 Å². The van der Waals surface area contributed by atoms with Crippen LogP contribution in [0.25, 0.3) is 0 Å². The standard InChI is InChI=1S/C14H15NO4/c1-2-8-19-14(18)15-12-7-6-11(13(16)17)9-4-3-5-10(9)12/h2,6-7H,1,3-5,8H2,(H,15,18)(H,16,17). The van der Waals surface area contributed by atoms with Crippen LogP contribution in [0.4, 0.5) is 10.5 Å². The first-order valence-electron chi connectivity index (χ1n) is 6.06. The van der Waals surface area contributed by atoms with Crippen LogP contribution in [0.2, 0.25) is 0 Å². The summed E-state index contributed by atoms with van der Waals surface area (Å²) in [5.41, 5.74) is 2.66. The number of nitrogens with one attached hydrogen (secondary N) is 1. The highest BCUT2D eigenvalue weighted by Crippen LogP contribution is 2.32. The van der Waals surface area contributed by atoms with Gasteiger partial charge in [0.1, 0.15) is 6.61 Å². The first-order valence-corrected chi connectivity index (χ1v) is 6.06. The van der Waals surface area contributed by atoms with Crippen LogP contribution < -0.4 is 5.32 Å². The van der Waals surface area contributed by atoms with E-state index >= 15 is 0 Å². The zero-order valence-electron chi connectivity index (χ0n) is 10.4. The lowest BCUT2D eigenvalue weighted by Gasteiger charge is -2.12. The number of ether oxygens (including phenoxy) is 1. The normalized spacial score (nSPS) is 12.6. The van der Waals surface area contributed by atoms with Crippen molar-refractivity contribution in [3.63, 3.8) is 0 Å². The van der Waals surface area contributed by atoms with Gasteiger partial charge in [0.25, 0.3) is 0 Å². The summed E-state index contributed by atoms with van der Waals surface area (Å²) in [6, 6.07) is 3.14. The average Bonchev–Trinajstić information content (AvgIpc) is 2.85. The summed E-state index contributed by atoms with van der Waals surface area (Å²) in [5.74, 6) is -0.932. The number of anilines is 1. The molecule has 1 aliphatic carbocycles. The number of benzene rings is 1. The fraction of sp³-hybridized carbons (Fsp3) is 0.286. The third-order valence-electron chi connectivity index (χ3n) is 3.08. The predicted octanol–water partition coefficient (Wildman–Crippen LogP) is 2.61. The average molecular weight is 261 g/mol. The Morgan fingerprint density at radius 1 is 1.37 bits per heavy atom. The fourth-order valence-electron chi connectivity index (χ4n) is 2.30. The molecule has 100 valence electrons. The highest BCUT2D eigenvalue weighted by Gasteiger charge is 2.22. The quantitative estimate of drug-likeness (QED) is 0.817. The van der Waals surface area contributed by atoms with Crippen LogP contribution in [0.5, 0.6) is 0 Å². The van der Waals surface area contributed by atoms with E-state index in [1.165, 1.54) is 12.1 Å². The monoisotopic (exact) mass is 261 g/mol. The highest BCUT2D eigenvalue weighted by molar-refractivity contribution is 5.93. The van der Waals surface area contributed by atoms with E-state index in [1.54, 1.807) is 6.07 Å². The first-order chi connectivity index (χ1) is 9.13. The Bertz CT molecular complexity index is 536. The Labute approximate surface area is 110 Å². The molecule has 2 rings (SSSR count). The number of rotatable bonds is 4. The number of carboxylic acid groups (broad SMARTS) is 1. The molecular weight excluding hydrogens is 246 g/mol. The molecule has 5 nitrogen and oxygen atoms in total. The van der Waals surface area contributed by atoms with E-state index in [2.05, 4.69) is 11.9 Å². The molecule has 1 aliphatic rings. The molecule has 19 heavy (non-hydrogen) atoms. The van der Waals surface area contributed by atoms with Gasteiger partial charge in [-0.05, 0) is 42.5 Å². The molecule has 0 atom stereocenters. The summed E-state index contributed by atoms with van der Waals surface area (Å²) in [6.45, 7) is 3.60. The zero-order valence-corrected chi connectivity index (χ0v) is 10.4. The molecule has 0 fully saturated rings. The molecule has 0 aromatic heterocycles. The van der Waals surface area contributed by atoms with Gasteiger partial charge >= 0.3 is 12.1 Å². The van der Waals surface area contributed by atoms with Crippen LogP contribution in [0.15, 0.2) is 24.8 Å². The fourth-order valence-corrected chi connectivity index (χ4v) is 2.30. The van der Waals surface area contributed by atoms with Crippen LogP contribution in [0, 0.1) is 0 Å². The summed E-state index contributed by atoms with van der Waals surface area (Å²) in [6.07, 6.45) is 3.33. The third kappa shape index (κ3) is 2.76. The van der Waals surface area contributed by atoms with Gasteiger partial charge in [0.2, 0.25) is 0 Å². The van der Waals surface area contributed by atoms with Gasteiger partial charge in [-0.3, -0.25) is 5.32 Å². The van der Waals surface area contributed by atoms with Crippen molar-refractivity contribution >= 4 is 17.7 Å². The lowest BCUT2D eigenvalue weighted by Crippen LogP contribution is -2.15. The van der Waals surface area contributed by atoms with Crippen molar-refractivity contribution in [2.45, 2.75) is 19.3 Å². The van der Waals surface area contributed by atoms with Gasteiger partial charge in [-0.1, -0.05) is 12.7 Å². The smallest absolute Gasteiger partial charge is 0.411 e. The Hall–Kier alpha value is -2.30. The number of carbonyl (C=O) groups excluding carboxylic acids is 1. The topological polar surface area (TPSA) is 75.6 Å². The van der Waals surface area contributed by atoms with E-state index in [9.17, 15) is 9.59 Å². The maximum absolute atomic E-state index is 11.5. The molecule has 2 N–H and O–H groups in total. The molecule has 0 aliphatic heterocycles. The van der Waals surface area contributed by atoms with Gasteiger partial charge in [0.05, 0.1) is 5.56 Å². The number of carbonyl (C=O) groups is 2. The van der Waals surface area contributed by atoms with Gasteiger partial charge in [-0.25, -0.2) is 9.59 Å². The van der Waals surface area contributed by atoms with E-state index in [4.69, 9.17) is 9.84 Å². The third-order valence-corrected chi connectivity index (χ3v) is 3.08. The van der Waals surface area contributed by atoms with E-state index in [0.717, 1.165) is 30.4 Å². The summed E-state index contributed by atoms with van der Waals surface area (Å²) in [7, 11) is 0. The van der Waals surface area contributed by atoms with Crippen molar-refractivity contribution in [3.05, 3.63) is 41.5 Å². The predicted molar refractivity (Wildman–Crippen MR) is 70.6 cm³/mol. The lowest BCUT2D eigenvalue weighted by atomic mass is 10.0. The Morgan fingerprint density at radius 2 is 2.11 bits per heavy atom. The Kier molecular flexibility index (Phi) is 3.85. The van der Waals surface area contributed by atoms with Crippen LogP contribution in [-0.4, -0.2) is 23.8 Å². The van der Waals surface area contributed by atoms with Crippen molar-refractivity contribution < 1.29 is 19.4 Å². The molecule has 0 unspecified atom stereocenters. The summed E-state index contributed by atoms with van der Waals surface area (Å²) >= 11 is 0. The first kappa shape index (κ1) is 13.1. The highest BCUT2D eigenvalue weighted by atomic mass is 16.5. The molecule has 5 heteroatoms. The summed E-state index contributed by atoms with van der Waals surface area (Å²) in [4.78, 5) is 22.6. The number of aromatic carboxylic acids is 1. The van der Waals surface area contributed by atoms with Crippen molar-refractivity contribution in [2.75, 3.05) is 11.9 Å². The maximum Gasteiger partial charge on any atom is 0.411 e. The molecule has 0 saturated carbocycles. The molecule has 1 aromatic carbocycles. The van der Waals surface area contributed by atoms with Gasteiger partial charge < -0.3 is 9.84 Å². The number of amides is 1. The minimum atomic E-state index is -0.932. The second-order valence-electron chi connectivity index (χ2n) is 4.29. The molecule has 1 aromatic rings. The number of hydrogen-bond donors (Lipinski definition) is 2. The van der Waals surface area contributed by atoms with Crippen molar-refractivity contribution in [1.29, 1.82) is 0 Å². The van der Waals surface area contributed by atoms with Crippen LogP contribution in [0.3, 0.4) is 0 Å². The van der Waals surface area contributed by atoms with Crippen molar-refractivity contribution in [1.82, 2.24) is 0 Å². The van der Waals surface area contributed by atoms with E-state index in [0.29, 0.717) is 11.3 Å². The Balaban J connectivity index is 2.23. The maximum atomic E-state index is 11.5. The largest absolute Gasteiger partial charge is 0.478 e. The van der Waals surface area contributed by atoms with E-state index < -0.39 is 12.1 Å². The molecular formula is C14H15NO4. The molecule has 1 amide bonds. The number of hydrogen-bond acceptors (Lipinski definition) is 3. The second-order valence-corrected chi connectivity index (χ2v) is 4.29. The van der Waals surface area contributed by atoms with E-state index in [-0.39, 0.29) is 6.61 Å². The van der Waals surface area contributed by atoms with E-state index in [1.807, 2.05) is 0 Å². The molecule has 0 bridgehead atoms. The van der Waals surface area contributed by atoms with Gasteiger partial charge in [0, 0.05) is 5.69 Å². The minimum Gasteiger partial charge on any atom is -0.478 e. The zero-order chi connectivity index (χ0) is 13.8. The molecule has 0 spiro atoms. The SMILES string of the molecule is C=CCOC(=O)Nc1ccc(C(=O)O)c2c1CCC2. The van der Waals surface area contributed by atoms with Crippen LogP contribution in [-0.2, 0) is 17.6 Å². The minimum absolute atomic E-state index is 0.140. The molecule has 0 saturated heterocycles. The molecule has 0 heterocycles. The number of fused-ring (bicyclic) bond motifs is 1. The lowest BCUT2D eigenvalue weighted by molar-refractivity contribution is 0.0696. The van der Waals surface area contributed by atoms with Gasteiger partial charge in [-0.2, -0.15) is 0 Å². The van der Waals surface area contributed by atoms with Gasteiger partial charge in [-0.15, -0.1) is 0 Å². The van der Waals surface area contributed by atoms with Crippen LogP contribution in [0.1, 0.15) is 27.9 Å². The van der Waals surface area contributed by atoms with Crippen molar-refractivity contribution in [3.8, 4) is 0 Å². The molecule has 0 radical (unpaired) electrons. The summed E-state index contributed by atoms with van der Waals surface area (Å²) in [5, 5.41) is 11.8. The summed E-state index contributed by atoms with van der Waals surface area (Å²) < 4.78 is 4.85. The van der Waals surface area contributed by atoms with Crippen LogP contribution >= 0.6 is 0 Å².